The Bertz CT molecular complexity index is 494. The summed E-state index contributed by atoms with van der Waals surface area (Å²) in [5.41, 5.74) is 1.04. The van der Waals surface area contributed by atoms with E-state index in [1.54, 1.807) is 24.3 Å². The van der Waals surface area contributed by atoms with Gasteiger partial charge in [-0.15, -0.1) is 0 Å². The monoisotopic (exact) mass is 299 g/mol. The summed E-state index contributed by atoms with van der Waals surface area (Å²) >= 11 is 0. The minimum Gasteiger partial charge on any atom is -0.396 e. The average molecular weight is 299 g/mol. The molecule has 20 heavy (non-hydrogen) atoms. The molecule has 0 heterocycles. The predicted octanol–water partition coefficient (Wildman–Crippen LogP) is 2.32. The van der Waals surface area contributed by atoms with Crippen LogP contribution in [0.1, 0.15) is 39.2 Å². The third-order valence-electron chi connectivity index (χ3n) is 3.04. The van der Waals surface area contributed by atoms with Gasteiger partial charge in [0, 0.05) is 12.6 Å². The van der Waals surface area contributed by atoms with Crippen LogP contribution in [0.15, 0.2) is 29.2 Å². The molecule has 4 nitrogen and oxygen atoms in total. The summed E-state index contributed by atoms with van der Waals surface area (Å²) in [5, 5.41) is 8.78. The van der Waals surface area contributed by atoms with Gasteiger partial charge in [-0.25, -0.2) is 13.1 Å². The molecule has 1 unspecified atom stereocenters. The van der Waals surface area contributed by atoms with Crippen molar-refractivity contribution in [2.24, 2.45) is 5.92 Å². The van der Waals surface area contributed by atoms with Crippen LogP contribution >= 0.6 is 0 Å². The topological polar surface area (TPSA) is 66.4 Å². The molecule has 1 aromatic carbocycles. The molecule has 2 N–H and O–H groups in total. The Kier molecular flexibility index (Phi) is 6.65. The second kappa shape index (κ2) is 7.76. The van der Waals surface area contributed by atoms with Crippen molar-refractivity contribution in [1.82, 2.24) is 4.72 Å². The molecule has 1 aromatic rings. The predicted molar refractivity (Wildman–Crippen MR) is 81.1 cm³/mol. The molecule has 0 aliphatic rings. The van der Waals surface area contributed by atoms with Gasteiger partial charge in [-0.05, 0) is 49.8 Å². The first-order valence-electron chi connectivity index (χ1n) is 7.07. The molecule has 0 aliphatic carbocycles. The highest BCUT2D eigenvalue weighted by molar-refractivity contribution is 7.89. The number of benzene rings is 1. The highest BCUT2D eigenvalue weighted by Gasteiger charge is 2.17. The van der Waals surface area contributed by atoms with Gasteiger partial charge < -0.3 is 5.11 Å². The second-order valence-corrected chi connectivity index (χ2v) is 7.34. The first kappa shape index (κ1) is 17.1. The van der Waals surface area contributed by atoms with Gasteiger partial charge in [0.2, 0.25) is 10.0 Å². The van der Waals surface area contributed by atoms with Gasteiger partial charge in [0.05, 0.1) is 4.90 Å². The standard InChI is InChI=1S/C15H25NO3S/c1-12(2)11-13(3)16-20(18,19)15-8-6-14(7-9-15)5-4-10-17/h6-9,12-13,16-17H,4-5,10-11H2,1-3H3. The Morgan fingerprint density at radius 2 is 1.75 bits per heavy atom. The molecule has 0 radical (unpaired) electrons. The fourth-order valence-electron chi connectivity index (χ4n) is 2.21. The van der Waals surface area contributed by atoms with E-state index < -0.39 is 10.0 Å². The van der Waals surface area contributed by atoms with Gasteiger partial charge in [0.25, 0.3) is 0 Å². The number of nitrogens with one attached hydrogen (secondary N) is 1. The van der Waals surface area contributed by atoms with Crippen LogP contribution in [0, 0.1) is 5.92 Å². The van der Waals surface area contributed by atoms with Gasteiger partial charge in [-0.3, -0.25) is 0 Å². The molecule has 0 aliphatic heterocycles. The summed E-state index contributed by atoms with van der Waals surface area (Å²) in [6, 6.07) is 6.78. The molecule has 0 bridgehead atoms. The number of sulfonamides is 1. The maximum absolute atomic E-state index is 12.2. The molecule has 1 rings (SSSR count). The van der Waals surface area contributed by atoms with Crippen LogP contribution in [0.3, 0.4) is 0 Å². The molecule has 0 fully saturated rings. The SMILES string of the molecule is CC(C)CC(C)NS(=O)(=O)c1ccc(CCCO)cc1. The fraction of sp³-hybridized carbons (Fsp3) is 0.600. The minimum absolute atomic E-state index is 0.0749. The van der Waals surface area contributed by atoms with Crippen LogP contribution in [-0.2, 0) is 16.4 Å². The lowest BCUT2D eigenvalue weighted by Crippen LogP contribution is -2.33. The van der Waals surface area contributed by atoms with Crippen molar-refractivity contribution in [2.75, 3.05) is 6.61 Å². The molecule has 1 atom stereocenters. The Morgan fingerprint density at radius 1 is 1.15 bits per heavy atom. The molecule has 5 heteroatoms. The van der Waals surface area contributed by atoms with E-state index in [0.29, 0.717) is 17.2 Å². The maximum Gasteiger partial charge on any atom is 0.240 e. The Morgan fingerprint density at radius 3 is 2.25 bits per heavy atom. The smallest absolute Gasteiger partial charge is 0.240 e. The zero-order valence-corrected chi connectivity index (χ0v) is 13.3. The van der Waals surface area contributed by atoms with Gasteiger partial charge in [0.15, 0.2) is 0 Å². The zero-order valence-electron chi connectivity index (χ0n) is 12.5. The largest absolute Gasteiger partial charge is 0.396 e. The van der Waals surface area contributed by atoms with E-state index in [4.69, 9.17) is 5.11 Å². The first-order chi connectivity index (χ1) is 9.35. The third kappa shape index (κ3) is 5.61. The number of aliphatic hydroxyl groups is 1. The lowest BCUT2D eigenvalue weighted by atomic mass is 10.1. The Labute approximate surface area is 122 Å². The quantitative estimate of drug-likeness (QED) is 0.774. The first-order valence-corrected chi connectivity index (χ1v) is 8.55. The maximum atomic E-state index is 12.2. The number of hydrogen-bond donors (Lipinski definition) is 2. The second-order valence-electron chi connectivity index (χ2n) is 5.62. The van der Waals surface area contributed by atoms with E-state index in [1.807, 2.05) is 6.92 Å². The van der Waals surface area contributed by atoms with E-state index in [2.05, 4.69) is 18.6 Å². The van der Waals surface area contributed by atoms with Crippen LogP contribution in [0.2, 0.25) is 0 Å². The Hall–Kier alpha value is -0.910. The molecular formula is C15H25NO3S. The van der Waals surface area contributed by atoms with Crippen LogP contribution in [0.5, 0.6) is 0 Å². The summed E-state index contributed by atoms with van der Waals surface area (Å²) in [4.78, 5) is 0.292. The summed E-state index contributed by atoms with van der Waals surface area (Å²) in [6.07, 6.45) is 2.26. The number of hydrogen-bond acceptors (Lipinski definition) is 3. The molecule has 0 saturated heterocycles. The molecule has 0 amide bonds. The highest BCUT2D eigenvalue weighted by atomic mass is 32.2. The van der Waals surface area contributed by atoms with Crippen molar-refractivity contribution in [3.8, 4) is 0 Å². The number of rotatable bonds is 8. The van der Waals surface area contributed by atoms with Crippen molar-refractivity contribution >= 4 is 10.0 Å². The summed E-state index contributed by atoms with van der Waals surface area (Å²) < 4.78 is 27.1. The van der Waals surface area contributed by atoms with Gasteiger partial charge in [-0.2, -0.15) is 0 Å². The average Bonchev–Trinajstić information content (AvgIpc) is 2.35. The zero-order chi connectivity index (χ0) is 15.2. The van der Waals surface area contributed by atoms with E-state index in [0.717, 1.165) is 18.4 Å². The number of aryl methyl sites for hydroxylation is 1. The van der Waals surface area contributed by atoms with Crippen molar-refractivity contribution in [3.05, 3.63) is 29.8 Å². The van der Waals surface area contributed by atoms with Gasteiger partial charge in [0.1, 0.15) is 0 Å². The molecular weight excluding hydrogens is 274 g/mol. The summed E-state index contributed by atoms with van der Waals surface area (Å²) in [5.74, 6) is 0.452. The lowest BCUT2D eigenvalue weighted by molar-refractivity contribution is 0.288. The van der Waals surface area contributed by atoms with Gasteiger partial charge in [-0.1, -0.05) is 26.0 Å². The lowest BCUT2D eigenvalue weighted by Gasteiger charge is -2.16. The van der Waals surface area contributed by atoms with Crippen LogP contribution in [0.25, 0.3) is 0 Å². The summed E-state index contributed by atoms with van der Waals surface area (Å²) in [6.45, 7) is 6.17. The van der Waals surface area contributed by atoms with E-state index in [-0.39, 0.29) is 12.6 Å². The minimum atomic E-state index is -3.44. The Balaban J connectivity index is 2.72. The number of aliphatic hydroxyl groups excluding tert-OH is 1. The van der Waals surface area contributed by atoms with E-state index in [1.165, 1.54) is 0 Å². The van der Waals surface area contributed by atoms with Crippen LogP contribution in [-0.4, -0.2) is 26.2 Å². The van der Waals surface area contributed by atoms with Crippen molar-refractivity contribution in [2.45, 2.75) is 51.0 Å². The summed E-state index contributed by atoms with van der Waals surface area (Å²) in [7, 11) is -3.44. The molecule has 0 saturated carbocycles. The highest BCUT2D eigenvalue weighted by Crippen LogP contribution is 2.14. The third-order valence-corrected chi connectivity index (χ3v) is 4.64. The van der Waals surface area contributed by atoms with Crippen molar-refractivity contribution < 1.29 is 13.5 Å². The molecule has 0 aromatic heterocycles. The van der Waals surface area contributed by atoms with E-state index >= 15 is 0 Å². The van der Waals surface area contributed by atoms with Crippen LogP contribution < -0.4 is 4.72 Å². The molecule has 114 valence electrons. The van der Waals surface area contributed by atoms with Gasteiger partial charge >= 0.3 is 0 Å². The van der Waals surface area contributed by atoms with Crippen molar-refractivity contribution in [3.63, 3.8) is 0 Å². The molecule has 0 spiro atoms. The van der Waals surface area contributed by atoms with Crippen LogP contribution in [0.4, 0.5) is 0 Å². The normalized spacial score (nSPS) is 13.7. The van der Waals surface area contributed by atoms with Crippen molar-refractivity contribution in [1.29, 1.82) is 0 Å². The fourth-order valence-corrected chi connectivity index (χ4v) is 3.46. The van der Waals surface area contributed by atoms with E-state index in [9.17, 15) is 8.42 Å².